The summed E-state index contributed by atoms with van der Waals surface area (Å²) in [5.74, 6) is 0.0202. The van der Waals surface area contributed by atoms with Gasteiger partial charge in [-0.2, -0.15) is 5.10 Å². The Morgan fingerprint density at radius 2 is 1.94 bits per heavy atom. The Balaban J connectivity index is 1.58. The summed E-state index contributed by atoms with van der Waals surface area (Å²) in [6.45, 7) is 6.21. The third-order valence-electron chi connectivity index (χ3n) is 5.94. The lowest BCUT2D eigenvalue weighted by atomic mass is 10.0. The molecule has 0 bridgehead atoms. The molecular weight excluding hydrogens is 430 g/mol. The van der Waals surface area contributed by atoms with Crippen LogP contribution in [0.3, 0.4) is 0 Å². The zero-order valence-corrected chi connectivity index (χ0v) is 19.9. The van der Waals surface area contributed by atoms with E-state index in [2.05, 4.69) is 29.2 Å². The number of methoxy groups -OCH3 is 1. The molecule has 0 unspecified atom stereocenters. The number of pyridine rings is 1. The normalized spacial score (nSPS) is 14.1. The van der Waals surface area contributed by atoms with E-state index in [4.69, 9.17) is 4.74 Å². The van der Waals surface area contributed by atoms with E-state index >= 15 is 0 Å². The van der Waals surface area contributed by atoms with Crippen LogP contribution in [-0.4, -0.2) is 45.1 Å². The molecule has 1 N–H and O–H groups in total. The van der Waals surface area contributed by atoms with Gasteiger partial charge in [0.15, 0.2) is 11.8 Å². The van der Waals surface area contributed by atoms with Crippen molar-refractivity contribution < 1.29 is 14.3 Å². The van der Waals surface area contributed by atoms with Gasteiger partial charge in [0.2, 0.25) is 0 Å². The quantitative estimate of drug-likeness (QED) is 0.557. The molecule has 3 heterocycles. The second-order valence-electron chi connectivity index (χ2n) is 8.93. The maximum atomic E-state index is 13.4. The summed E-state index contributed by atoms with van der Waals surface area (Å²) in [4.78, 5) is 32.4. The second-order valence-corrected chi connectivity index (χ2v) is 8.93. The number of nitrogens with one attached hydrogen (secondary N) is 1. The van der Waals surface area contributed by atoms with Crippen molar-refractivity contribution >= 4 is 11.8 Å². The average molecular weight is 462 g/mol. The lowest BCUT2D eigenvalue weighted by molar-refractivity contribution is -0.143. The van der Waals surface area contributed by atoms with Crippen LogP contribution >= 0.6 is 0 Å². The number of ether oxygens (including phenoxy) is 1. The van der Waals surface area contributed by atoms with Gasteiger partial charge in [0.25, 0.3) is 11.8 Å². The second kappa shape index (κ2) is 10.6. The number of hydrogen-bond donors (Lipinski definition) is 1. The molecule has 0 saturated heterocycles. The molecule has 1 aliphatic rings. The van der Waals surface area contributed by atoms with Crippen molar-refractivity contribution in [2.45, 2.75) is 46.0 Å². The Labute approximate surface area is 199 Å². The topological polar surface area (TPSA) is 89.3 Å². The van der Waals surface area contributed by atoms with Crippen LogP contribution in [0.1, 0.15) is 52.8 Å². The van der Waals surface area contributed by atoms with Crippen LogP contribution in [0.15, 0.2) is 54.9 Å². The zero-order valence-electron chi connectivity index (χ0n) is 19.9. The summed E-state index contributed by atoms with van der Waals surface area (Å²) in [6.07, 6.45) is 3.38. The summed E-state index contributed by atoms with van der Waals surface area (Å²) < 4.78 is 7.50. The van der Waals surface area contributed by atoms with E-state index in [1.54, 1.807) is 24.4 Å². The Morgan fingerprint density at radius 3 is 2.62 bits per heavy atom. The van der Waals surface area contributed by atoms with Crippen LogP contribution < -0.4 is 5.32 Å². The van der Waals surface area contributed by atoms with Crippen LogP contribution in [0, 0.1) is 5.92 Å². The largest absolute Gasteiger partial charge is 0.367 e. The van der Waals surface area contributed by atoms with Crippen LogP contribution in [0.5, 0.6) is 0 Å². The highest BCUT2D eigenvalue weighted by Crippen LogP contribution is 2.27. The molecule has 1 aliphatic heterocycles. The molecule has 0 radical (unpaired) electrons. The highest BCUT2D eigenvalue weighted by molar-refractivity contribution is 5.94. The number of carbonyl (C=O) groups excluding carboxylic acids is 2. The minimum atomic E-state index is -0.684. The molecule has 2 aromatic heterocycles. The molecule has 0 aliphatic carbocycles. The molecule has 178 valence electrons. The van der Waals surface area contributed by atoms with Crippen molar-refractivity contribution in [3.8, 4) is 0 Å². The third-order valence-corrected chi connectivity index (χ3v) is 5.94. The highest BCUT2D eigenvalue weighted by atomic mass is 16.5. The summed E-state index contributed by atoms with van der Waals surface area (Å²) >= 11 is 0. The van der Waals surface area contributed by atoms with Crippen LogP contribution in [-0.2, 0) is 35.6 Å². The van der Waals surface area contributed by atoms with Crippen molar-refractivity contribution in [1.82, 2.24) is 25.0 Å². The monoisotopic (exact) mass is 461 g/mol. The van der Waals surface area contributed by atoms with Crippen molar-refractivity contribution in [3.63, 3.8) is 0 Å². The Kier molecular flexibility index (Phi) is 7.37. The van der Waals surface area contributed by atoms with E-state index in [1.807, 2.05) is 47.1 Å². The number of aromatic nitrogens is 3. The van der Waals surface area contributed by atoms with E-state index in [0.29, 0.717) is 37.7 Å². The average Bonchev–Trinajstić information content (AvgIpc) is 3.21. The van der Waals surface area contributed by atoms with Crippen molar-refractivity contribution in [1.29, 1.82) is 0 Å². The fourth-order valence-corrected chi connectivity index (χ4v) is 4.30. The lowest BCUT2D eigenvalue weighted by Gasteiger charge is -2.31. The summed E-state index contributed by atoms with van der Waals surface area (Å²) in [7, 11) is 1.54. The number of rotatable bonds is 8. The Bertz CT molecular complexity index is 1130. The molecule has 1 atom stereocenters. The molecule has 4 rings (SSSR count). The maximum absolute atomic E-state index is 13.4. The van der Waals surface area contributed by atoms with Gasteiger partial charge in [0.1, 0.15) is 0 Å². The fraction of sp³-hybridized carbons (Fsp3) is 0.385. The number of hydrogen-bond acceptors (Lipinski definition) is 5. The Morgan fingerprint density at radius 1 is 1.15 bits per heavy atom. The Hall–Kier alpha value is -3.52. The number of nitrogens with zero attached hydrogens (tertiary/aromatic N) is 4. The summed E-state index contributed by atoms with van der Waals surface area (Å²) in [6, 6.07) is 13.2. The minimum absolute atomic E-state index is 0.113. The zero-order chi connectivity index (χ0) is 24.1. The molecule has 34 heavy (non-hydrogen) atoms. The van der Waals surface area contributed by atoms with E-state index in [1.165, 1.54) is 0 Å². The standard InChI is InChI=1S/C26H31N5O3/c1-18(2)16-31-22-11-13-30(26(33)24(34-3)20-9-5-4-6-10-20)17-21(22)23(29-31)25(32)28-15-19-8-7-12-27-14-19/h4-10,12,14,18,24H,11,13,15-17H2,1-3H3,(H,28,32)/t24-/m0/s1. The van der Waals surface area contributed by atoms with Gasteiger partial charge in [-0.3, -0.25) is 19.3 Å². The first-order valence-electron chi connectivity index (χ1n) is 11.6. The van der Waals surface area contributed by atoms with E-state index < -0.39 is 6.10 Å². The molecule has 0 spiro atoms. The number of fused-ring (bicyclic) bond motifs is 1. The molecule has 8 heteroatoms. The van der Waals surface area contributed by atoms with Crippen LogP contribution in [0.4, 0.5) is 0 Å². The van der Waals surface area contributed by atoms with Crippen molar-refractivity contribution in [3.05, 3.63) is 82.9 Å². The predicted molar refractivity (Wildman–Crippen MR) is 128 cm³/mol. The van der Waals surface area contributed by atoms with Gasteiger partial charge in [-0.1, -0.05) is 50.2 Å². The number of carbonyl (C=O) groups is 2. The maximum Gasteiger partial charge on any atom is 0.272 e. The molecule has 2 amide bonds. The van der Waals surface area contributed by atoms with E-state index in [0.717, 1.165) is 28.9 Å². The molecule has 3 aromatic rings. The first-order valence-corrected chi connectivity index (χ1v) is 11.6. The molecule has 8 nitrogen and oxygen atoms in total. The van der Waals surface area contributed by atoms with Gasteiger partial charge in [-0.25, -0.2) is 0 Å². The lowest BCUT2D eigenvalue weighted by Crippen LogP contribution is -2.40. The van der Waals surface area contributed by atoms with Gasteiger partial charge in [-0.05, 0) is 23.1 Å². The van der Waals surface area contributed by atoms with E-state index in [-0.39, 0.29) is 11.8 Å². The van der Waals surface area contributed by atoms with Gasteiger partial charge in [0.05, 0.1) is 0 Å². The van der Waals surface area contributed by atoms with Gasteiger partial charge in [0, 0.05) is 63.4 Å². The van der Waals surface area contributed by atoms with Gasteiger partial charge >= 0.3 is 0 Å². The summed E-state index contributed by atoms with van der Waals surface area (Å²) in [5, 5.41) is 7.63. The third kappa shape index (κ3) is 5.17. The van der Waals surface area contributed by atoms with Gasteiger partial charge < -0.3 is 15.0 Å². The van der Waals surface area contributed by atoms with Gasteiger partial charge in [-0.15, -0.1) is 0 Å². The minimum Gasteiger partial charge on any atom is -0.367 e. The van der Waals surface area contributed by atoms with E-state index in [9.17, 15) is 9.59 Å². The summed E-state index contributed by atoms with van der Waals surface area (Å²) in [5.41, 5.74) is 3.94. The predicted octanol–water partition coefficient (Wildman–Crippen LogP) is 3.14. The number of benzene rings is 1. The van der Waals surface area contributed by atoms with Crippen LogP contribution in [0.2, 0.25) is 0 Å². The smallest absolute Gasteiger partial charge is 0.272 e. The highest BCUT2D eigenvalue weighted by Gasteiger charge is 2.33. The number of amides is 2. The first kappa shape index (κ1) is 23.6. The SMILES string of the molecule is CO[C@H](C(=O)N1CCc2c(c(C(=O)NCc3cccnc3)nn2CC(C)C)C1)c1ccccc1. The van der Waals surface area contributed by atoms with Crippen molar-refractivity contribution in [2.24, 2.45) is 5.92 Å². The van der Waals surface area contributed by atoms with Crippen molar-refractivity contribution in [2.75, 3.05) is 13.7 Å². The van der Waals surface area contributed by atoms with Crippen LogP contribution in [0.25, 0.3) is 0 Å². The molecule has 0 fully saturated rings. The fourth-order valence-electron chi connectivity index (χ4n) is 4.30. The molecule has 0 saturated carbocycles. The first-order chi connectivity index (χ1) is 16.5. The molecular formula is C26H31N5O3. The molecule has 1 aromatic carbocycles.